The molecule has 0 aliphatic rings. The van der Waals surface area contributed by atoms with Crippen molar-refractivity contribution in [2.24, 2.45) is 0 Å². The van der Waals surface area contributed by atoms with Gasteiger partial charge in [0.05, 0.1) is 0 Å². The Morgan fingerprint density at radius 1 is 0.765 bits per heavy atom. The number of rotatable bonds is 9. The van der Waals surface area contributed by atoms with Crippen molar-refractivity contribution in [3.8, 4) is 0 Å². The maximum Gasteiger partial charge on any atom is 0.647 e. The second kappa shape index (κ2) is 8.75. The lowest BCUT2D eigenvalue weighted by atomic mass is 10.5. The average Bonchev–Trinajstić information content (AvgIpc) is 2.11. The van der Waals surface area contributed by atoms with Crippen LogP contribution in [0.5, 0.6) is 0 Å². The molecule has 0 fully saturated rings. The molecule has 0 spiro atoms. The predicted octanol–water partition coefficient (Wildman–Crippen LogP) is 1.85. The lowest BCUT2D eigenvalue weighted by molar-refractivity contribution is 0.0914. The summed E-state index contributed by atoms with van der Waals surface area (Å²) in [5.74, 6) is 0. The van der Waals surface area contributed by atoms with Crippen molar-refractivity contribution in [3.05, 3.63) is 0 Å². The standard InChI is InChI=1S/C9H28O4Si4/c1-8-9-10-17(11-14(2)3,12-15(4)5)13-16(6)7/h14-16H,8-9H2,1-7H3. The van der Waals surface area contributed by atoms with Crippen LogP contribution in [0.15, 0.2) is 0 Å². The Hall–Kier alpha value is 0.708. The monoisotopic (exact) mass is 312 g/mol. The fourth-order valence-electron chi connectivity index (χ4n) is 1.28. The Balaban J connectivity index is 4.76. The highest BCUT2D eigenvalue weighted by molar-refractivity contribution is 6.76. The van der Waals surface area contributed by atoms with Gasteiger partial charge in [-0.1, -0.05) is 6.92 Å². The molecule has 0 aliphatic heterocycles. The summed E-state index contributed by atoms with van der Waals surface area (Å²) in [6, 6.07) is 0. The van der Waals surface area contributed by atoms with Gasteiger partial charge in [-0.3, -0.25) is 0 Å². The van der Waals surface area contributed by atoms with Crippen molar-refractivity contribution in [2.75, 3.05) is 6.61 Å². The summed E-state index contributed by atoms with van der Waals surface area (Å²) in [5, 5.41) is 0. The third kappa shape index (κ3) is 8.43. The molecule has 0 bridgehead atoms. The molecule has 0 unspecified atom stereocenters. The molecular weight excluding hydrogens is 284 g/mol. The van der Waals surface area contributed by atoms with Crippen LogP contribution in [0.2, 0.25) is 39.3 Å². The zero-order valence-electron chi connectivity index (χ0n) is 12.3. The molecule has 0 N–H and O–H groups in total. The second-order valence-electron chi connectivity index (χ2n) is 4.85. The molecule has 0 aromatic rings. The van der Waals surface area contributed by atoms with Crippen LogP contribution in [0.3, 0.4) is 0 Å². The topological polar surface area (TPSA) is 36.9 Å². The van der Waals surface area contributed by atoms with Crippen LogP contribution in [0.1, 0.15) is 13.3 Å². The van der Waals surface area contributed by atoms with E-state index in [2.05, 4.69) is 46.2 Å². The van der Waals surface area contributed by atoms with E-state index in [4.69, 9.17) is 16.8 Å². The van der Waals surface area contributed by atoms with Gasteiger partial charge in [-0.25, -0.2) is 0 Å². The van der Waals surface area contributed by atoms with Crippen LogP contribution < -0.4 is 0 Å². The van der Waals surface area contributed by atoms with Gasteiger partial charge in [0.25, 0.3) is 0 Å². The summed E-state index contributed by atoms with van der Waals surface area (Å²) < 4.78 is 24.0. The normalized spacial score (nSPS) is 13.1. The van der Waals surface area contributed by atoms with Crippen LogP contribution in [-0.4, -0.2) is 42.8 Å². The third-order valence-corrected chi connectivity index (χ3v) is 11.3. The SMILES string of the molecule is CCCO[Si](O[SiH](C)C)(O[SiH](C)C)O[SiH](C)C. The summed E-state index contributed by atoms with van der Waals surface area (Å²) in [6.07, 6.45) is 0.962. The molecule has 0 aromatic heterocycles. The quantitative estimate of drug-likeness (QED) is 0.609. The van der Waals surface area contributed by atoms with Crippen molar-refractivity contribution >= 4 is 36.2 Å². The molecule has 4 nitrogen and oxygen atoms in total. The largest absolute Gasteiger partial charge is 0.647 e. The minimum Gasteiger partial charge on any atom is -0.398 e. The van der Waals surface area contributed by atoms with Crippen molar-refractivity contribution in [2.45, 2.75) is 52.6 Å². The fraction of sp³-hybridized carbons (Fsp3) is 1.00. The zero-order chi connectivity index (χ0) is 13.5. The van der Waals surface area contributed by atoms with Gasteiger partial charge in [0.15, 0.2) is 27.1 Å². The van der Waals surface area contributed by atoms with Crippen LogP contribution in [0.25, 0.3) is 0 Å². The van der Waals surface area contributed by atoms with Gasteiger partial charge in [0.1, 0.15) is 0 Å². The molecule has 0 aromatic carbocycles. The number of hydrogen-bond donors (Lipinski definition) is 0. The second-order valence-corrected chi connectivity index (χ2v) is 15.3. The Bertz CT molecular complexity index is 175. The van der Waals surface area contributed by atoms with Crippen molar-refractivity contribution in [1.29, 1.82) is 0 Å². The van der Waals surface area contributed by atoms with E-state index >= 15 is 0 Å². The summed E-state index contributed by atoms with van der Waals surface area (Å²) in [5.41, 5.74) is 0. The first-order valence-corrected chi connectivity index (χ1v) is 16.5. The lowest BCUT2D eigenvalue weighted by Crippen LogP contribution is -2.55. The van der Waals surface area contributed by atoms with E-state index in [0.29, 0.717) is 6.61 Å². The van der Waals surface area contributed by atoms with Crippen LogP contribution in [0, 0.1) is 0 Å². The molecule has 0 heterocycles. The van der Waals surface area contributed by atoms with Gasteiger partial charge in [-0.15, -0.1) is 0 Å². The Morgan fingerprint density at radius 2 is 1.12 bits per heavy atom. The molecule has 104 valence electrons. The molecule has 0 saturated heterocycles. The maximum absolute atomic E-state index is 6.04. The summed E-state index contributed by atoms with van der Waals surface area (Å²) in [4.78, 5) is 0. The highest BCUT2D eigenvalue weighted by Crippen LogP contribution is 2.16. The first-order valence-electron chi connectivity index (χ1n) is 6.48. The zero-order valence-corrected chi connectivity index (χ0v) is 16.7. The molecule has 0 atom stereocenters. The summed E-state index contributed by atoms with van der Waals surface area (Å²) in [7, 11) is -6.49. The third-order valence-electron chi connectivity index (χ3n) is 1.62. The van der Waals surface area contributed by atoms with Gasteiger partial charge in [0, 0.05) is 6.61 Å². The molecule has 0 saturated carbocycles. The fourth-order valence-corrected chi connectivity index (χ4v) is 11.6. The molecule has 17 heavy (non-hydrogen) atoms. The Morgan fingerprint density at radius 3 is 1.35 bits per heavy atom. The van der Waals surface area contributed by atoms with E-state index in [1.807, 2.05) is 0 Å². The van der Waals surface area contributed by atoms with Crippen molar-refractivity contribution < 1.29 is 16.8 Å². The average molecular weight is 313 g/mol. The van der Waals surface area contributed by atoms with E-state index < -0.39 is 36.2 Å². The van der Waals surface area contributed by atoms with Crippen LogP contribution in [0.4, 0.5) is 0 Å². The van der Waals surface area contributed by atoms with Gasteiger partial charge in [0.2, 0.25) is 0 Å². The number of hydrogen-bond acceptors (Lipinski definition) is 4. The van der Waals surface area contributed by atoms with E-state index in [1.165, 1.54) is 0 Å². The van der Waals surface area contributed by atoms with Gasteiger partial charge in [-0.05, 0) is 45.7 Å². The minimum absolute atomic E-state index is 0.662. The van der Waals surface area contributed by atoms with Crippen LogP contribution in [-0.2, 0) is 16.8 Å². The van der Waals surface area contributed by atoms with E-state index in [1.54, 1.807) is 0 Å². The van der Waals surface area contributed by atoms with E-state index in [-0.39, 0.29) is 0 Å². The Kier molecular flexibility index (Phi) is 9.11. The molecule has 0 rings (SSSR count). The maximum atomic E-state index is 6.04. The minimum atomic E-state index is -2.82. The van der Waals surface area contributed by atoms with E-state index in [9.17, 15) is 0 Å². The van der Waals surface area contributed by atoms with Crippen LogP contribution >= 0.6 is 0 Å². The molecule has 0 radical (unpaired) electrons. The highest BCUT2D eigenvalue weighted by Gasteiger charge is 2.46. The molecule has 0 amide bonds. The van der Waals surface area contributed by atoms with Crippen molar-refractivity contribution in [3.63, 3.8) is 0 Å². The summed E-state index contributed by atoms with van der Waals surface area (Å²) >= 11 is 0. The lowest BCUT2D eigenvalue weighted by Gasteiger charge is -2.33. The highest BCUT2D eigenvalue weighted by atomic mass is 28.5. The molecule has 8 heteroatoms. The van der Waals surface area contributed by atoms with Gasteiger partial charge >= 0.3 is 9.05 Å². The smallest absolute Gasteiger partial charge is 0.398 e. The van der Waals surface area contributed by atoms with Gasteiger partial charge < -0.3 is 16.8 Å². The first kappa shape index (κ1) is 17.7. The van der Waals surface area contributed by atoms with Gasteiger partial charge in [-0.2, -0.15) is 0 Å². The molecule has 0 aliphatic carbocycles. The predicted molar refractivity (Wildman–Crippen MR) is 81.9 cm³/mol. The summed E-state index contributed by atoms with van der Waals surface area (Å²) in [6.45, 7) is 15.5. The first-order chi connectivity index (χ1) is 7.81. The Labute approximate surface area is 112 Å². The van der Waals surface area contributed by atoms with E-state index in [0.717, 1.165) is 6.42 Å². The van der Waals surface area contributed by atoms with Crippen molar-refractivity contribution in [1.82, 2.24) is 0 Å². The molecular formula is C9H28O4Si4.